The number of para-hydroxylation sites is 1. The molecule has 0 fully saturated rings. The van der Waals surface area contributed by atoms with Crippen LogP contribution in [0.3, 0.4) is 0 Å². The molecule has 1 amide bonds. The molecule has 134 valence electrons. The number of benzene rings is 2. The van der Waals surface area contributed by atoms with E-state index in [4.69, 9.17) is 4.65 Å². The van der Waals surface area contributed by atoms with Crippen molar-refractivity contribution < 1.29 is 24.4 Å². The molecule has 1 aromatic heterocycles. The van der Waals surface area contributed by atoms with Gasteiger partial charge in [0.1, 0.15) is 5.75 Å². The maximum atomic E-state index is 12.6. The Morgan fingerprint density at radius 2 is 2.04 bits per heavy atom. The first-order valence-electron chi connectivity index (χ1n) is 8.38. The molecule has 4 rings (SSSR count). The summed E-state index contributed by atoms with van der Waals surface area (Å²) in [5.74, 6) is -2.05. The number of pyridine rings is 1. The van der Waals surface area contributed by atoms with Crippen LogP contribution in [0.5, 0.6) is 5.75 Å². The Labute approximate surface area is 154 Å². The Bertz CT molecular complexity index is 1060. The summed E-state index contributed by atoms with van der Waals surface area (Å²) in [6.07, 6.45) is 1.94. The van der Waals surface area contributed by atoms with E-state index in [0.717, 1.165) is 10.9 Å². The molecule has 1 atom stereocenters. The van der Waals surface area contributed by atoms with Gasteiger partial charge in [0.25, 0.3) is 5.91 Å². The van der Waals surface area contributed by atoms with Gasteiger partial charge in [-0.2, -0.15) is 0 Å². The van der Waals surface area contributed by atoms with Crippen LogP contribution in [0.2, 0.25) is 0 Å². The van der Waals surface area contributed by atoms with Gasteiger partial charge in [-0.25, -0.2) is 4.79 Å². The van der Waals surface area contributed by atoms with Crippen LogP contribution in [-0.2, 0) is 6.42 Å². The largest absolute Gasteiger partial charge is 0.547 e. The molecule has 0 bridgehead atoms. The van der Waals surface area contributed by atoms with Crippen LogP contribution in [0.4, 0.5) is 0 Å². The number of aromatic carboxylic acids is 1. The molecular formula is C19H15BN2O5. The Hall–Kier alpha value is -3.39. The molecule has 3 aromatic rings. The lowest BCUT2D eigenvalue weighted by atomic mass is 9.72. The Balaban J connectivity index is 1.56. The molecule has 0 radical (unpaired) electrons. The number of aromatic nitrogens is 1. The SMILES string of the molecule is O=C(NC1Cc2cccc(C(=O)O)c2OB1O)c1ccc2ncccc2c1. The van der Waals surface area contributed by atoms with Crippen LogP contribution in [0.25, 0.3) is 10.9 Å². The Morgan fingerprint density at radius 3 is 2.85 bits per heavy atom. The van der Waals surface area contributed by atoms with Crippen molar-refractivity contribution in [1.82, 2.24) is 10.3 Å². The number of hydrogen-bond donors (Lipinski definition) is 3. The van der Waals surface area contributed by atoms with E-state index in [1.807, 2.05) is 6.07 Å². The summed E-state index contributed by atoms with van der Waals surface area (Å²) >= 11 is 0. The fourth-order valence-corrected chi connectivity index (χ4v) is 3.18. The summed E-state index contributed by atoms with van der Waals surface area (Å²) in [5, 5.41) is 23.1. The molecule has 2 heterocycles. The highest BCUT2D eigenvalue weighted by molar-refractivity contribution is 6.47. The quantitative estimate of drug-likeness (QED) is 0.612. The predicted octanol–water partition coefficient (Wildman–Crippen LogP) is 1.69. The molecule has 1 unspecified atom stereocenters. The van der Waals surface area contributed by atoms with Crippen LogP contribution in [-0.4, -0.2) is 40.1 Å². The van der Waals surface area contributed by atoms with Gasteiger partial charge in [0, 0.05) is 17.1 Å². The zero-order valence-electron chi connectivity index (χ0n) is 14.1. The summed E-state index contributed by atoms with van der Waals surface area (Å²) in [5.41, 5.74) is 1.82. The average molecular weight is 362 g/mol. The fraction of sp³-hybridized carbons (Fsp3) is 0.105. The summed E-state index contributed by atoms with van der Waals surface area (Å²) in [4.78, 5) is 28.1. The van der Waals surface area contributed by atoms with Crippen molar-refractivity contribution >= 4 is 29.9 Å². The molecule has 0 saturated carbocycles. The second-order valence-electron chi connectivity index (χ2n) is 6.30. The van der Waals surface area contributed by atoms with Crippen LogP contribution < -0.4 is 9.97 Å². The van der Waals surface area contributed by atoms with Crippen molar-refractivity contribution in [2.24, 2.45) is 0 Å². The van der Waals surface area contributed by atoms with Crippen molar-refractivity contribution in [2.45, 2.75) is 12.4 Å². The Kier molecular flexibility index (Phi) is 4.25. The second kappa shape index (κ2) is 6.73. The summed E-state index contributed by atoms with van der Waals surface area (Å²) in [7, 11) is -1.34. The van der Waals surface area contributed by atoms with Gasteiger partial charge >= 0.3 is 13.1 Å². The number of fused-ring (bicyclic) bond motifs is 2. The lowest BCUT2D eigenvalue weighted by Crippen LogP contribution is -2.53. The van der Waals surface area contributed by atoms with Gasteiger partial charge in [0.05, 0.1) is 17.0 Å². The maximum Gasteiger partial charge on any atom is 0.547 e. The van der Waals surface area contributed by atoms with Crippen LogP contribution >= 0.6 is 0 Å². The van der Waals surface area contributed by atoms with Crippen molar-refractivity contribution in [3.05, 3.63) is 71.4 Å². The highest BCUT2D eigenvalue weighted by atomic mass is 16.5. The zero-order chi connectivity index (χ0) is 19.0. The zero-order valence-corrected chi connectivity index (χ0v) is 14.1. The highest BCUT2D eigenvalue weighted by Gasteiger charge is 2.37. The molecule has 2 aromatic carbocycles. The van der Waals surface area contributed by atoms with E-state index in [9.17, 15) is 19.7 Å². The number of carbonyl (C=O) groups excluding carboxylic acids is 1. The predicted molar refractivity (Wildman–Crippen MR) is 98.7 cm³/mol. The fourth-order valence-electron chi connectivity index (χ4n) is 3.18. The lowest BCUT2D eigenvalue weighted by Gasteiger charge is -2.28. The van der Waals surface area contributed by atoms with E-state index in [2.05, 4.69) is 10.3 Å². The van der Waals surface area contributed by atoms with Gasteiger partial charge < -0.3 is 20.1 Å². The number of hydrogen-bond acceptors (Lipinski definition) is 5. The molecule has 1 aliphatic rings. The maximum absolute atomic E-state index is 12.6. The van der Waals surface area contributed by atoms with Gasteiger partial charge in [-0.1, -0.05) is 18.2 Å². The Morgan fingerprint density at radius 1 is 1.19 bits per heavy atom. The van der Waals surface area contributed by atoms with Gasteiger partial charge in [-0.3, -0.25) is 9.78 Å². The number of amides is 1. The first kappa shape index (κ1) is 17.1. The van der Waals surface area contributed by atoms with E-state index in [0.29, 0.717) is 11.1 Å². The van der Waals surface area contributed by atoms with Gasteiger partial charge in [0.15, 0.2) is 0 Å². The number of nitrogens with zero attached hydrogens (tertiary/aromatic N) is 1. The monoisotopic (exact) mass is 362 g/mol. The third-order valence-corrected chi connectivity index (χ3v) is 4.53. The summed E-state index contributed by atoms with van der Waals surface area (Å²) < 4.78 is 5.39. The standard InChI is InChI=1S/C19H15BN2O5/c23-18(13-6-7-15-11(9-13)4-2-8-21-15)22-16-10-12-3-1-5-14(19(24)25)17(12)27-20(16)26/h1-9,16,26H,10H2,(H,22,23)(H,24,25). The van der Waals surface area contributed by atoms with Crippen LogP contribution in [0.15, 0.2) is 54.7 Å². The first-order valence-corrected chi connectivity index (χ1v) is 8.38. The smallest absolute Gasteiger partial charge is 0.534 e. The van der Waals surface area contributed by atoms with Crippen LogP contribution in [0, 0.1) is 0 Å². The van der Waals surface area contributed by atoms with Gasteiger partial charge in [0.2, 0.25) is 0 Å². The number of nitrogens with one attached hydrogen (secondary N) is 1. The molecule has 0 aliphatic carbocycles. The molecule has 0 saturated heterocycles. The molecule has 7 nitrogen and oxygen atoms in total. The summed E-state index contributed by atoms with van der Waals surface area (Å²) in [6, 6.07) is 13.5. The van der Waals surface area contributed by atoms with Crippen molar-refractivity contribution in [3.63, 3.8) is 0 Å². The van der Waals surface area contributed by atoms with E-state index < -0.39 is 19.0 Å². The lowest BCUT2D eigenvalue weighted by molar-refractivity contribution is 0.0693. The van der Waals surface area contributed by atoms with Crippen LogP contribution in [0.1, 0.15) is 26.3 Å². The third kappa shape index (κ3) is 3.22. The average Bonchev–Trinajstić information content (AvgIpc) is 2.67. The number of carbonyl (C=O) groups is 2. The van der Waals surface area contributed by atoms with Crippen molar-refractivity contribution in [3.8, 4) is 5.75 Å². The minimum atomic E-state index is -1.34. The number of carboxylic acids is 1. The number of rotatable bonds is 3. The molecule has 3 N–H and O–H groups in total. The summed E-state index contributed by atoms with van der Waals surface area (Å²) in [6.45, 7) is 0. The number of carboxylic acid groups (broad SMARTS) is 1. The second-order valence-corrected chi connectivity index (χ2v) is 6.30. The molecular weight excluding hydrogens is 347 g/mol. The topological polar surface area (TPSA) is 109 Å². The van der Waals surface area contributed by atoms with E-state index >= 15 is 0 Å². The normalized spacial score (nSPS) is 15.7. The van der Waals surface area contributed by atoms with E-state index in [-0.39, 0.29) is 23.6 Å². The van der Waals surface area contributed by atoms with Crippen molar-refractivity contribution in [2.75, 3.05) is 0 Å². The molecule has 0 spiro atoms. The highest BCUT2D eigenvalue weighted by Crippen LogP contribution is 2.30. The minimum Gasteiger partial charge on any atom is -0.534 e. The molecule has 8 heteroatoms. The minimum absolute atomic E-state index is 0.0154. The van der Waals surface area contributed by atoms with E-state index in [1.165, 1.54) is 6.07 Å². The van der Waals surface area contributed by atoms with Gasteiger partial charge in [-0.15, -0.1) is 0 Å². The molecule has 27 heavy (non-hydrogen) atoms. The van der Waals surface area contributed by atoms with Crippen molar-refractivity contribution in [1.29, 1.82) is 0 Å². The van der Waals surface area contributed by atoms with E-state index in [1.54, 1.807) is 42.6 Å². The third-order valence-electron chi connectivity index (χ3n) is 4.53. The van der Waals surface area contributed by atoms with Gasteiger partial charge in [-0.05, 0) is 42.3 Å². The molecule has 1 aliphatic heterocycles. The first-order chi connectivity index (χ1) is 13.0.